The zero-order valence-electron chi connectivity index (χ0n) is 10.7. The second-order valence-corrected chi connectivity index (χ2v) is 5.07. The molecule has 0 radical (unpaired) electrons. The third kappa shape index (κ3) is 4.91. The number of hydrogen-bond donors (Lipinski definition) is 0. The summed E-state index contributed by atoms with van der Waals surface area (Å²) in [4.78, 5) is 0. The van der Waals surface area contributed by atoms with E-state index < -0.39 is 0 Å². The maximum Gasteiger partial charge on any atom is 0.0575 e. The molecule has 1 aliphatic rings. The smallest absolute Gasteiger partial charge is 0.0575 e. The molecule has 1 nitrogen and oxygen atoms in total. The Kier molecular flexibility index (Phi) is 5.57. The molecule has 1 aromatic carbocycles. The van der Waals surface area contributed by atoms with Gasteiger partial charge >= 0.3 is 0 Å². The van der Waals surface area contributed by atoms with Crippen molar-refractivity contribution in [3.8, 4) is 0 Å². The summed E-state index contributed by atoms with van der Waals surface area (Å²) in [5, 5.41) is 0. The van der Waals surface area contributed by atoms with Crippen LogP contribution >= 0.6 is 0 Å². The first-order valence-electron chi connectivity index (χ1n) is 7.11. The minimum Gasteiger partial charge on any atom is -0.378 e. The predicted molar refractivity (Wildman–Crippen MR) is 72.2 cm³/mol. The first-order chi connectivity index (χ1) is 8.45. The normalized spacial score (nSPS) is 17.9. The lowest BCUT2D eigenvalue weighted by Crippen LogP contribution is -2.12. The first-order valence-corrected chi connectivity index (χ1v) is 7.11. The molecule has 0 spiro atoms. The molecule has 1 saturated carbocycles. The molecule has 1 fully saturated rings. The van der Waals surface area contributed by atoms with Crippen LogP contribution in [0.3, 0.4) is 0 Å². The standard InChI is InChI=1S/C16H24O/c1-2-7-13-16(12-6-1)17-14-8-11-15-9-4-3-5-10-15/h3-5,9-10,16H,1-2,6-8,11-14H2. The topological polar surface area (TPSA) is 9.23 Å². The Hall–Kier alpha value is -0.820. The summed E-state index contributed by atoms with van der Waals surface area (Å²) in [6, 6.07) is 10.7. The highest BCUT2D eigenvalue weighted by atomic mass is 16.5. The van der Waals surface area contributed by atoms with Crippen LogP contribution in [-0.2, 0) is 11.2 Å². The van der Waals surface area contributed by atoms with E-state index in [0.29, 0.717) is 6.10 Å². The number of hydrogen-bond acceptors (Lipinski definition) is 1. The van der Waals surface area contributed by atoms with E-state index >= 15 is 0 Å². The largest absolute Gasteiger partial charge is 0.378 e. The summed E-state index contributed by atoms with van der Waals surface area (Å²) < 4.78 is 5.98. The molecular formula is C16H24O. The second kappa shape index (κ2) is 7.50. The molecule has 1 aliphatic carbocycles. The van der Waals surface area contributed by atoms with Crippen molar-refractivity contribution in [2.45, 2.75) is 57.5 Å². The van der Waals surface area contributed by atoms with Crippen LogP contribution < -0.4 is 0 Å². The molecule has 17 heavy (non-hydrogen) atoms. The molecule has 0 aromatic heterocycles. The quantitative estimate of drug-likeness (QED) is 0.541. The van der Waals surface area contributed by atoms with Crippen LogP contribution in [0.5, 0.6) is 0 Å². The fraction of sp³-hybridized carbons (Fsp3) is 0.625. The van der Waals surface area contributed by atoms with E-state index in [4.69, 9.17) is 4.74 Å². The lowest BCUT2D eigenvalue weighted by atomic mass is 10.1. The van der Waals surface area contributed by atoms with Crippen molar-refractivity contribution in [2.24, 2.45) is 0 Å². The molecule has 0 N–H and O–H groups in total. The Labute approximate surface area is 105 Å². The van der Waals surface area contributed by atoms with Gasteiger partial charge in [0.15, 0.2) is 0 Å². The molecule has 0 bridgehead atoms. The fourth-order valence-electron chi connectivity index (χ4n) is 2.58. The molecule has 0 aliphatic heterocycles. The summed E-state index contributed by atoms with van der Waals surface area (Å²) in [7, 11) is 0. The van der Waals surface area contributed by atoms with E-state index in [9.17, 15) is 0 Å². The number of aryl methyl sites for hydroxylation is 1. The Bertz CT molecular complexity index is 286. The fourth-order valence-corrected chi connectivity index (χ4v) is 2.58. The zero-order chi connectivity index (χ0) is 11.8. The molecule has 0 saturated heterocycles. The van der Waals surface area contributed by atoms with Gasteiger partial charge in [-0.05, 0) is 31.2 Å². The van der Waals surface area contributed by atoms with Gasteiger partial charge in [0.2, 0.25) is 0 Å². The van der Waals surface area contributed by atoms with Gasteiger partial charge in [-0.3, -0.25) is 0 Å². The monoisotopic (exact) mass is 232 g/mol. The summed E-state index contributed by atoms with van der Waals surface area (Å²) >= 11 is 0. The van der Waals surface area contributed by atoms with Gasteiger partial charge in [-0.15, -0.1) is 0 Å². The molecule has 0 unspecified atom stereocenters. The van der Waals surface area contributed by atoms with Gasteiger partial charge in [-0.2, -0.15) is 0 Å². The van der Waals surface area contributed by atoms with Crippen LogP contribution in [0.4, 0.5) is 0 Å². The van der Waals surface area contributed by atoms with E-state index in [1.54, 1.807) is 0 Å². The molecular weight excluding hydrogens is 208 g/mol. The Balaban J connectivity index is 1.59. The third-order valence-corrected chi connectivity index (χ3v) is 3.61. The molecule has 1 heteroatoms. The number of ether oxygens (including phenoxy) is 1. The van der Waals surface area contributed by atoms with Gasteiger partial charge in [0.25, 0.3) is 0 Å². The van der Waals surface area contributed by atoms with E-state index in [1.165, 1.54) is 44.1 Å². The van der Waals surface area contributed by atoms with Crippen LogP contribution in [0.1, 0.15) is 50.5 Å². The molecule has 0 heterocycles. The van der Waals surface area contributed by atoms with Crippen LogP contribution in [-0.4, -0.2) is 12.7 Å². The minimum absolute atomic E-state index is 0.549. The van der Waals surface area contributed by atoms with E-state index in [0.717, 1.165) is 19.4 Å². The highest BCUT2D eigenvalue weighted by molar-refractivity contribution is 5.14. The SMILES string of the molecule is c1ccc(CCCOC2CCCCCC2)cc1. The average Bonchev–Trinajstić information content (AvgIpc) is 2.65. The second-order valence-electron chi connectivity index (χ2n) is 5.07. The zero-order valence-corrected chi connectivity index (χ0v) is 10.7. The van der Waals surface area contributed by atoms with Crippen molar-refractivity contribution < 1.29 is 4.74 Å². The highest BCUT2D eigenvalue weighted by Crippen LogP contribution is 2.20. The molecule has 0 atom stereocenters. The van der Waals surface area contributed by atoms with Gasteiger partial charge in [0.1, 0.15) is 0 Å². The molecule has 1 aromatic rings. The van der Waals surface area contributed by atoms with Crippen LogP contribution in [0.2, 0.25) is 0 Å². The Morgan fingerprint density at radius 1 is 0.941 bits per heavy atom. The van der Waals surface area contributed by atoms with Gasteiger partial charge in [0.05, 0.1) is 6.10 Å². The van der Waals surface area contributed by atoms with Crippen molar-refractivity contribution in [3.63, 3.8) is 0 Å². The van der Waals surface area contributed by atoms with Crippen LogP contribution in [0, 0.1) is 0 Å². The number of rotatable bonds is 5. The summed E-state index contributed by atoms with van der Waals surface area (Å²) in [6.45, 7) is 0.930. The summed E-state index contributed by atoms with van der Waals surface area (Å²) in [6.07, 6.45) is 11.0. The van der Waals surface area contributed by atoms with Crippen molar-refractivity contribution in [1.82, 2.24) is 0 Å². The van der Waals surface area contributed by atoms with Gasteiger partial charge in [-0.25, -0.2) is 0 Å². The average molecular weight is 232 g/mol. The Morgan fingerprint density at radius 3 is 2.35 bits per heavy atom. The van der Waals surface area contributed by atoms with E-state index in [-0.39, 0.29) is 0 Å². The minimum atomic E-state index is 0.549. The lowest BCUT2D eigenvalue weighted by Gasteiger charge is -2.15. The van der Waals surface area contributed by atoms with Crippen molar-refractivity contribution in [2.75, 3.05) is 6.61 Å². The molecule has 2 rings (SSSR count). The highest BCUT2D eigenvalue weighted by Gasteiger charge is 2.11. The Morgan fingerprint density at radius 2 is 1.65 bits per heavy atom. The first kappa shape index (κ1) is 12.6. The van der Waals surface area contributed by atoms with Crippen LogP contribution in [0.15, 0.2) is 30.3 Å². The molecule has 0 amide bonds. The van der Waals surface area contributed by atoms with Crippen LogP contribution in [0.25, 0.3) is 0 Å². The predicted octanol–water partition coefficient (Wildman–Crippen LogP) is 4.36. The molecule has 94 valence electrons. The van der Waals surface area contributed by atoms with Crippen molar-refractivity contribution in [3.05, 3.63) is 35.9 Å². The van der Waals surface area contributed by atoms with Gasteiger partial charge in [-0.1, -0.05) is 56.0 Å². The summed E-state index contributed by atoms with van der Waals surface area (Å²) in [5.74, 6) is 0. The van der Waals surface area contributed by atoms with Crippen molar-refractivity contribution in [1.29, 1.82) is 0 Å². The third-order valence-electron chi connectivity index (χ3n) is 3.61. The van der Waals surface area contributed by atoms with E-state index in [2.05, 4.69) is 30.3 Å². The number of benzene rings is 1. The van der Waals surface area contributed by atoms with Gasteiger partial charge < -0.3 is 4.74 Å². The van der Waals surface area contributed by atoms with Gasteiger partial charge in [0, 0.05) is 6.61 Å². The maximum absolute atomic E-state index is 5.98. The van der Waals surface area contributed by atoms with Crippen molar-refractivity contribution >= 4 is 0 Å². The summed E-state index contributed by atoms with van der Waals surface area (Å²) in [5.41, 5.74) is 1.43. The van der Waals surface area contributed by atoms with E-state index in [1.807, 2.05) is 0 Å². The maximum atomic E-state index is 5.98. The lowest BCUT2D eigenvalue weighted by molar-refractivity contribution is 0.0419.